The van der Waals surface area contributed by atoms with Crippen LogP contribution in [-0.2, 0) is 4.79 Å². The molecule has 0 fully saturated rings. The van der Waals surface area contributed by atoms with Crippen LogP contribution in [0.25, 0.3) is 5.52 Å². The molecule has 0 aliphatic rings. The lowest BCUT2D eigenvalue weighted by atomic mass is 10.1. The number of carbonyl (C=O) groups excluding carboxylic acids is 1. The van der Waals surface area contributed by atoms with Gasteiger partial charge in [-0.15, -0.1) is 0 Å². The monoisotopic (exact) mass is 390 g/mol. The Hall–Kier alpha value is -3.35. The van der Waals surface area contributed by atoms with Gasteiger partial charge in [-0.05, 0) is 52.3 Å². The number of anilines is 1. The second-order valence-corrected chi connectivity index (χ2v) is 5.97. The summed E-state index contributed by atoms with van der Waals surface area (Å²) in [5.74, 6) is 5.88. The Kier molecular flexibility index (Phi) is 4.65. The molecule has 0 saturated carbocycles. The van der Waals surface area contributed by atoms with E-state index in [-0.39, 0.29) is 5.91 Å². The third-order valence-corrected chi connectivity index (χ3v) is 3.81. The van der Waals surface area contributed by atoms with Crippen molar-refractivity contribution >= 4 is 33.0 Å². The van der Waals surface area contributed by atoms with Crippen molar-refractivity contribution in [3.05, 3.63) is 76.5 Å². The Bertz CT molecular complexity index is 1080. The van der Waals surface area contributed by atoms with E-state index in [1.165, 1.54) is 12.3 Å². The van der Waals surface area contributed by atoms with E-state index in [4.69, 9.17) is 0 Å². The summed E-state index contributed by atoms with van der Waals surface area (Å²) in [6.45, 7) is 3.41. The van der Waals surface area contributed by atoms with Crippen molar-refractivity contribution in [3.8, 4) is 17.9 Å². The predicted octanol–water partition coefficient (Wildman–Crippen LogP) is 3.49. The van der Waals surface area contributed by atoms with Gasteiger partial charge >= 0.3 is 0 Å². The van der Waals surface area contributed by atoms with Gasteiger partial charge in [0.2, 0.25) is 5.91 Å². The van der Waals surface area contributed by atoms with Gasteiger partial charge in [-0.1, -0.05) is 18.4 Å². The quantitative estimate of drug-likeness (QED) is 0.537. The van der Waals surface area contributed by atoms with E-state index in [1.54, 1.807) is 22.8 Å². The van der Waals surface area contributed by atoms with Gasteiger partial charge in [-0.25, -0.2) is 4.52 Å². The molecule has 3 rings (SSSR count). The summed E-state index contributed by atoms with van der Waals surface area (Å²) in [5.41, 5.74) is 3.30. The summed E-state index contributed by atoms with van der Waals surface area (Å²) < 4.78 is 2.44. The van der Waals surface area contributed by atoms with Crippen LogP contribution >= 0.6 is 15.9 Å². The zero-order valence-electron chi connectivity index (χ0n) is 13.0. The molecule has 0 aliphatic heterocycles. The van der Waals surface area contributed by atoms with E-state index in [2.05, 4.69) is 50.8 Å². The third kappa shape index (κ3) is 3.60. The lowest BCUT2D eigenvalue weighted by Gasteiger charge is -2.01. The summed E-state index contributed by atoms with van der Waals surface area (Å²) in [7, 11) is 0. The summed E-state index contributed by atoms with van der Waals surface area (Å²) >= 11 is 3.42. The van der Waals surface area contributed by atoms with E-state index in [9.17, 15) is 10.1 Å². The Morgan fingerprint density at radius 2 is 2.04 bits per heavy atom. The molecule has 0 unspecified atom stereocenters. The molecule has 0 spiro atoms. The van der Waals surface area contributed by atoms with Crippen molar-refractivity contribution in [1.29, 1.82) is 5.26 Å². The number of nitrogens with one attached hydrogen (secondary N) is 1. The Morgan fingerprint density at radius 1 is 1.28 bits per heavy atom. The minimum Gasteiger partial charge on any atom is -0.323 e. The average molecular weight is 391 g/mol. The highest BCUT2D eigenvalue weighted by Gasteiger charge is 2.08. The fraction of sp³-hybridized carbons (Fsp3) is 0. The van der Waals surface area contributed by atoms with Crippen molar-refractivity contribution < 1.29 is 4.79 Å². The number of amides is 1. The van der Waals surface area contributed by atoms with Gasteiger partial charge in [0.25, 0.3) is 0 Å². The number of halogens is 1. The number of hydrogen-bond acceptors (Lipinski definition) is 3. The summed E-state index contributed by atoms with van der Waals surface area (Å²) in [4.78, 5) is 11.3. The molecule has 3 aromatic rings. The lowest BCUT2D eigenvalue weighted by Crippen LogP contribution is -2.06. The van der Waals surface area contributed by atoms with Crippen LogP contribution in [0.5, 0.6) is 0 Å². The molecule has 0 aliphatic carbocycles. The van der Waals surface area contributed by atoms with Crippen LogP contribution in [0, 0.1) is 23.2 Å². The second kappa shape index (κ2) is 7.04. The summed E-state index contributed by atoms with van der Waals surface area (Å²) in [6, 6.07) is 11.1. The maximum Gasteiger partial charge on any atom is 0.247 e. The van der Waals surface area contributed by atoms with E-state index < -0.39 is 0 Å². The molecule has 120 valence electrons. The van der Waals surface area contributed by atoms with Gasteiger partial charge in [0, 0.05) is 21.9 Å². The minimum absolute atomic E-state index is 0.264. The van der Waals surface area contributed by atoms with Gasteiger partial charge in [0.1, 0.15) is 6.07 Å². The molecular weight excluding hydrogens is 380 g/mol. The fourth-order valence-electron chi connectivity index (χ4n) is 2.24. The van der Waals surface area contributed by atoms with Crippen molar-refractivity contribution in [2.45, 2.75) is 0 Å². The number of hydrogen-bond donors (Lipinski definition) is 1. The largest absolute Gasteiger partial charge is 0.323 e. The molecule has 1 N–H and O–H groups in total. The molecule has 25 heavy (non-hydrogen) atoms. The topological polar surface area (TPSA) is 70.2 Å². The first-order valence-corrected chi connectivity index (χ1v) is 8.02. The lowest BCUT2D eigenvalue weighted by molar-refractivity contribution is -0.111. The number of nitrogens with zero attached hydrogens (tertiary/aromatic N) is 3. The highest BCUT2D eigenvalue weighted by Crippen LogP contribution is 2.20. The van der Waals surface area contributed by atoms with Gasteiger partial charge in [0.05, 0.1) is 22.8 Å². The van der Waals surface area contributed by atoms with E-state index in [0.29, 0.717) is 22.3 Å². The van der Waals surface area contributed by atoms with Gasteiger partial charge in [0.15, 0.2) is 0 Å². The maximum absolute atomic E-state index is 11.3. The summed E-state index contributed by atoms with van der Waals surface area (Å²) in [6.07, 6.45) is 4.51. The van der Waals surface area contributed by atoms with E-state index >= 15 is 0 Å². The van der Waals surface area contributed by atoms with Crippen molar-refractivity contribution in [1.82, 2.24) is 9.61 Å². The van der Waals surface area contributed by atoms with E-state index in [0.717, 1.165) is 10.0 Å². The van der Waals surface area contributed by atoms with Crippen molar-refractivity contribution in [2.24, 2.45) is 0 Å². The molecule has 2 heterocycles. The number of fused-ring (bicyclic) bond motifs is 1. The predicted molar refractivity (Wildman–Crippen MR) is 98.9 cm³/mol. The van der Waals surface area contributed by atoms with Crippen LogP contribution in [0.15, 0.2) is 59.9 Å². The van der Waals surface area contributed by atoms with Crippen LogP contribution in [0.3, 0.4) is 0 Å². The number of benzene rings is 1. The zero-order chi connectivity index (χ0) is 17.8. The van der Waals surface area contributed by atoms with Gasteiger partial charge < -0.3 is 5.32 Å². The molecule has 1 amide bonds. The molecule has 1 aromatic carbocycles. The Labute approximate surface area is 152 Å². The molecule has 0 saturated heterocycles. The van der Waals surface area contributed by atoms with Crippen LogP contribution in [0.4, 0.5) is 5.69 Å². The molecule has 0 atom stereocenters. The van der Waals surface area contributed by atoms with Crippen LogP contribution in [0.1, 0.15) is 16.7 Å². The first-order valence-electron chi connectivity index (χ1n) is 7.23. The van der Waals surface area contributed by atoms with Crippen LogP contribution in [-0.4, -0.2) is 15.5 Å². The number of aromatic nitrogens is 2. The average Bonchev–Trinajstić information content (AvgIpc) is 3.03. The number of nitriles is 1. The smallest absolute Gasteiger partial charge is 0.247 e. The van der Waals surface area contributed by atoms with E-state index in [1.807, 2.05) is 18.2 Å². The van der Waals surface area contributed by atoms with Crippen molar-refractivity contribution in [2.75, 3.05) is 5.32 Å². The highest BCUT2D eigenvalue weighted by atomic mass is 79.9. The Balaban J connectivity index is 1.95. The highest BCUT2D eigenvalue weighted by molar-refractivity contribution is 9.10. The maximum atomic E-state index is 11.3. The molecule has 6 heteroatoms. The van der Waals surface area contributed by atoms with Gasteiger partial charge in [-0.2, -0.15) is 10.4 Å². The van der Waals surface area contributed by atoms with Crippen LogP contribution < -0.4 is 5.32 Å². The first kappa shape index (κ1) is 16.5. The minimum atomic E-state index is -0.264. The number of rotatable bonds is 2. The Morgan fingerprint density at radius 3 is 2.72 bits per heavy atom. The van der Waals surface area contributed by atoms with Gasteiger partial charge in [-0.3, -0.25) is 4.79 Å². The summed E-state index contributed by atoms with van der Waals surface area (Å²) in [5, 5.41) is 16.1. The molecule has 2 aromatic heterocycles. The normalized spacial score (nSPS) is 9.76. The molecular formula is C19H11BrN4O. The second-order valence-electron chi connectivity index (χ2n) is 5.06. The molecule has 0 radical (unpaired) electrons. The third-order valence-electron chi connectivity index (χ3n) is 3.38. The fourth-order valence-corrected chi connectivity index (χ4v) is 2.66. The van der Waals surface area contributed by atoms with Crippen LogP contribution in [0.2, 0.25) is 0 Å². The SMILES string of the molecule is C=CC(=O)Nc1ccc(C#Cc2cc(Br)cn3ncc(C#N)c23)cc1. The standard InChI is InChI=1S/C19H11BrN4O/c1-2-18(25)23-17-7-4-13(5-8-17)3-6-14-9-16(20)12-24-19(14)15(10-21)11-22-24/h2,4-5,7-9,11-12H,1H2,(H,23,25). The number of pyridine rings is 1. The number of carbonyl (C=O) groups is 1. The first-order chi connectivity index (χ1) is 12.1. The molecule has 0 bridgehead atoms. The van der Waals surface area contributed by atoms with Crippen molar-refractivity contribution in [3.63, 3.8) is 0 Å². The molecule has 5 nitrogen and oxygen atoms in total. The zero-order valence-corrected chi connectivity index (χ0v) is 14.5.